The fourth-order valence-electron chi connectivity index (χ4n) is 13.4. The lowest BCUT2D eigenvalue weighted by Crippen LogP contribution is -2.79. The van der Waals surface area contributed by atoms with Gasteiger partial charge in [-0.05, 0) is 79.8 Å². The maximum Gasteiger partial charge on any atom is 0.344 e. The number of likely N-dealkylation sites (tertiary alicyclic amines) is 1. The summed E-state index contributed by atoms with van der Waals surface area (Å²) in [4.78, 5) is 54.7. The number of fused-ring (bicyclic) bond motifs is 6. The average molecular weight is 827 g/mol. The van der Waals surface area contributed by atoms with E-state index in [9.17, 15) is 14.7 Å². The predicted molar refractivity (Wildman–Crippen MR) is 224 cm³/mol. The van der Waals surface area contributed by atoms with Crippen LogP contribution in [0.2, 0.25) is 0 Å². The van der Waals surface area contributed by atoms with Crippen molar-refractivity contribution in [1.82, 2.24) is 19.7 Å². The highest BCUT2D eigenvalue weighted by atomic mass is 32.2. The number of hydrogen-bond acceptors (Lipinski definition) is 12. The third-order valence-corrected chi connectivity index (χ3v) is 16.2. The molecule has 3 unspecified atom stereocenters. The smallest absolute Gasteiger partial charge is 0.344 e. The Morgan fingerprint density at radius 3 is 2.49 bits per heavy atom. The first-order valence-electron chi connectivity index (χ1n) is 21.1. The molecule has 12 nitrogen and oxygen atoms in total. The van der Waals surface area contributed by atoms with Crippen LogP contribution in [-0.4, -0.2) is 133 Å². The summed E-state index contributed by atoms with van der Waals surface area (Å²) in [6.07, 6.45) is 13.7. The first kappa shape index (κ1) is 40.5. The minimum atomic E-state index is -2.26. The van der Waals surface area contributed by atoms with Gasteiger partial charge in [0, 0.05) is 97.2 Å². The van der Waals surface area contributed by atoms with Gasteiger partial charge in [0.2, 0.25) is 5.60 Å². The van der Waals surface area contributed by atoms with Gasteiger partial charge in [0.05, 0.1) is 26.4 Å². The Kier molecular flexibility index (Phi) is 9.86. The number of rotatable bonds is 8. The van der Waals surface area contributed by atoms with E-state index in [1.807, 2.05) is 18.9 Å². The number of methoxy groups -OCH3 is 3. The summed E-state index contributed by atoms with van der Waals surface area (Å²) in [7, 11) is 6.35. The molecule has 316 valence electrons. The van der Waals surface area contributed by atoms with Gasteiger partial charge in [-0.3, -0.25) is 19.4 Å². The number of aromatic amines is 1. The van der Waals surface area contributed by atoms with Crippen LogP contribution < -0.4 is 0 Å². The van der Waals surface area contributed by atoms with Crippen molar-refractivity contribution in [2.45, 2.75) is 93.2 Å². The first-order chi connectivity index (χ1) is 28.3. The van der Waals surface area contributed by atoms with Crippen LogP contribution >= 0.6 is 11.8 Å². The zero-order chi connectivity index (χ0) is 41.8. The van der Waals surface area contributed by atoms with Gasteiger partial charge >= 0.3 is 17.9 Å². The molecule has 59 heavy (non-hydrogen) atoms. The fraction of sp³-hybridized carbons (Fsp3) is 0.587. The van der Waals surface area contributed by atoms with E-state index < -0.39 is 58.0 Å². The minimum absolute atomic E-state index is 0.0549. The first-order valence-corrected chi connectivity index (χ1v) is 22.3. The van der Waals surface area contributed by atoms with Gasteiger partial charge in [0.15, 0.2) is 6.10 Å². The van der Waals surface area contributed by atoms with E-state index in [1.165, 1.54) is 26.7 Å². The van der Waals surface area contributed by atoms with E-state index in [2.05, 4.69) is 76.5 Å². The molecule has 0 radical (unpaired) electrons. The second-order valence-corrected chi connectivity index (χ2v) is 18.8. The molecule has 5 aliphatic heterocycles. The topological polar surface area (TPSA) is 134 Å². The molecule has 6 heterocycles. The molecular formula is C46H58N4O8S. The zero-order valence-electron chi connectivity index (χ0n) is 35.5. The number of nitrogens with one attached hydrogen (secondary N) is 1. The quantitative estimate of drug-likeness (QED) is 0.159. The lowest BCUT2D eigenvalue weighted by Gasteiger charge is -2.63. The van der Waals surface area contributed by atoms with Gasteiger partial charge < -0.3 is 33.9 Å². The van der Waals surface area contributed by atoms with Crippen molar-refractivity contribution >= 4 is 40.6 Å². The molecule has 2 N–H and O–H groups in total. The van der Waals surface area contributed by atoms with Crippen molar-refractivity contribution in [3.05, 3.63) is 76.7 Å². The summed E-state index contributed by atoms with van der Waals surface area (Å²) in [6, 6.07) is 5.35. The highest BCUT2D eigenvalue weighted by Gasteiger charge is 2.81. The number of carbonyl (C=O) groups is 3. The molecule has 2 aromatic rings. The Hall–Kier alpha value is -3.88. The number of aromatic nitrogens is 1. The van der Waals surface area contributed by atoms with Crippen molar-refractivity contribution in [2.24, 2.45) is 22.7 Å². The lowest BCUT2D eigenvalue weighted by molar-refractivity contribution is -0.243. The number of aliphatic hydroxyl groups is 1. The Labute approximate surface area is 351 Å². The molecule has 1 spiro atoms. The number of benzene rings is 1. The molecule has 1 aromatic carbocycles. The number of likely N-dealkylation sites (N-methyl/N-ethyl adjacent to an activating group) is 1. The van der Waals surface area contributed by atoms with Crippen molar-refractivity contribution < 1.29 is 38.4 Å². The van der Waals surface area contributed by atoms with Crippen LogP contribution in [0.5, 0.6) is 0 Å². The summed E-state index contributed by atoms with van der Waals surface area (Å²) in [5, 5.41) is 14.4. The van der Waals surface area contributed by atoms with Crippen LogP contribution in [-0.2, 0) is 45.3 Å². The maximum atomic E-state index is 15.3. The summed E-state index contributed by atoms with van der Waals surface area (Å²) in [6.45, 7) is 9.29. The summed E-state index contributed by atoms with van der Waals surface area (Å²) < 4.78 is 24.2. The number of hydrogen-bond donors (Lipinski definition) is 2. The van der Waals surface area contributed by atoms with Gasteiger partial charge in [-0.15, -0.1) is 11.8 Å². The summed E-state index contributed by atoms with van der Waals surface area (Å²) >= 11 is 1.70. The zero-order valence-corrected chi connectivity index (χ0v) is 36.3. The number of H-pyrrole nitrogens is 1. The predicted octanol–water partition coefficient (Wildman–Crippen LogP) is 5.12. The summed E-state index contributed by atoms with van der Waals surface area (Å²) in [5.41, 5.74) is 0.790. The maximum absolute atomic E-state index is 15.3. The van der Waals surface area contributed by atoms with Crippen molar-refractivity contribution in [3.8, 4) is 0 Å². The van der Waals surface area contributed by atoms with E-state index in [0.29, 0.717) is 38.9 Å². The number of carbonyl (C=O) groups excluding carboxylic acids is 3. The Morgan fingerprint density at radius 1 is 1.03 bits per heavy atom. The van der Waals surface area contributed by atoms with Crippen LogP contribution in [0.1, 0.15) is 57.7 Å². The monoisotopic (exact) mass is 826 g/mol. The number of esters is 3. The van der Waals surface area contributed by atoms with E-state index in [0.717, 1.165) is 57.8 Å². The van der Waals surface area contributed by atoms with Crippen LogP contribution in [0.25, 0.3) is 10.9 Å². The Bertz CT molecular complexity index is 2230. The van der Waals surface area contributed by atoms with E-state index in [4.69, 9.17) is 18.9 Å². The second-order valence-electron chi connectivity index (χ2n) is 17.9. The largest absolute Gasteiger partial charge is 0.468 e. The molecule has 2 bridgehead atoms. The molecule has 0 amide bonds. The Balaban J connectivity index is 1.34. The van der Waals surface area contributed by atoms with Crippen molar-refractivity contribution in [2.75, 3.05) is 60.8 Å². The SMILES string of the molecule is CCC1=C[C@H]2CN(C1)Cc1c([nH]c3ccc(SC)cc13)[C@@](C(=O)OC)(C1C=C3C(=CC1OC)N(C)[C@H]1[C@@](O)(C(=O)OC)[C@H](OC(C)=O)[C@]4(CC)C=CCN5CC[C@]31[C@@H]54)C2. The van der Waals surface area contributed by atoms with Crippen molar-refractivity contribution in [1.29, 1.82) is 0 Å². The molecule has 2 saturated heterocycles. The molecule has 13 heteroatoms. The lowest BCUT2D eigenvalue weighted by atomic mass is 9.47. The van der Waals surface area contributed by atoms with Crippen molar-refractivity contribution in [3.63, 3.8) is 0 Å². The number of allylic oxidation sites excluding steroid dienone is 1. The third-order valence-electron chi connectivity index (χ3n) is 15.5. The molecule has 1 aromatic heterocycles. The standard InChI is InChI=1S/C46H58N4O8S/c1-9-27-18-28-22-45(41(52)56-6,37-31(25-49(23-27)24-28)30-19-29(59-8)12-13-34(30)47-37)33-20-32-35(21-36(33)55-5)48(4)39-44(32)15-17-50-16-11-14-43(10-2,38(44)50)40(58-26(3)51)46(39,54)42(53)57-7/h11-14,18-21,28,33,36,38-40,47,54H,9-10,15-17,22-25H2,1-8H3/t28-,33?,36?,38+,39-,40-,43-,44-,45+,46+/m1/s1. The molecule has 1 saturated carbocycles. The van der Waals surface area contributed by atoms with E-state index >= 15 is 4.79 Å². The van der Waals surface area contributed by atoms with Gasteiger partial charge in [0.1, 0.15) is 5.41 Å². The molecule has 3 fully saturated rings. The summed E-state index contributed by atoms with van der Waals surface area (Å²) in [5.74, 6) is -2.26. The normalized spacial score (nSPS) is 38.2. The molecule has 11 atom stereocenters. The number of nitrogens with zero attached hydrogens (tertiary/aromatic N) is 3. The van der Waals surface area contributed by atoms with Gasteiger partial charge in [-0.2, -0.15) is 0 Å². The minimum Gasteiger partial charge on any atom is -0.468 e. The van der Waals surface area contributed by atoms with E-state index in [-0.39, 0.29) is 17.9 Å². The third kappa shape index (κ3) is 5.33. The van der Waals surface area contributed by atoms with Crippen LogP contribution in [0.15, 0.2) is 70.3 Å². The van der Waals surface area contributed by atoms with Gasteiger partial charge in [0.25, 0.3) is 0 Å². The van der Waals surface area contributed by atoms with Crippen LogP contribution in [0.4, 0.5) is 0 Å². The highest BCUT2D eigenvalue weighted by Crippen LogP contribution is 2.70. The molecule has 2 aliphatic carbocycles. The fourth-order valence-corrected chi connectivity index (χ4v) is 13.9. The van der Waals surface area contributed by atoms with Crippen LogP contribution in [0, 0.1) is 22.7 Å². The highest BCUT2D eigenvalue weighted by molar-refractivity contribution is 7.98. The van der Waals surface area contributed by atoms with Gasteiger partial charge in [-0.1, -0.05) is 43.7 Å². The molecule has 9 rings (SSSR count). The van der Waals surface area contributed by atoms with E-state index in [1.54, 1.807) is 18.9 Å². The Morgan fingerprint density at radius 2 is 1.81 bits per heavy atom. The molecular weight excluding hydrogens is 769 g/mol. The number of thioether (sulfide) groups is 1. The second kappa shape index (κ2) is 14.4. The number of ether oxygens (including phenoxy) is 4. The average Bonchev–Trinajstić information content (AvgIpc) is 3.89. The molecule has 7 aliphatic rings. The van der Waals surface area contributed by atoms with Gasteiger partial charge in [-0.25, -0.2) is 4.79 Å². The van der Waals surface area contributed by atoms with Crippen LogP contribution in [0.3, 0.4) is 0 Å².